The van der Waals surface area contributed by atoms with E-state index < -0.39 is 10.0 Å². The molecule has 23 heavy (non-hydrogen) atoms. The Morgan fingerprint density at radius 2 is 1.91 bits per heavy atom. The van der Waals surface area contributed by atoms with E-state index in [1.165, 1.54) is 35.6 Å². The van der Waals surface area contributed by atoms with Crippen molar-refractivity contribution in [2.45, 2.75) is 30.7 Å². The Morgan fingerprint density at radius 3 is 2.48 bits per heavy atom. The number of rotatable bonds is 5. The number of sulfonamides is 1. The zero-order valence-electron chi connectivity index (χ0n) is 13.1. The Kier molecular flexibility index (Phi) is 4.00. The summed E-state index contributed by atoms with van der Waals surface area (Å²) in [5, 5.41) is 8.78. The molecular weight excluding hydrogens is 312 g/mol. The van der Waals surface area contributed by atoms with E-state index in [-0.39, 0.29) is 11.4 Å². The van der Waals surface area contributed by atoms with Crippen molar-refractivity contribution in [2.75, 3.05) is 7.05 Å². The first-order valence-electron chi connectivity index (χ1n) is 7.47. The van der Waals surface area contributed by atoms with Crippen LogP contribution in [0.1, 0.15) is 36.3 Å². The van der Waals surface area contributed by atoms with Gasteiger partial charge in [0.05, 0.1) is 23.1 Å². The maximum Gasteiger partial charge on any atom is 0.243 e. The van der Waals surface area contributed by atoms with Crippen LogP contribution in [-0.4, -0.2) is 19.8 Å². The van der Waals surface area contributed by atoms with Gasteiger partial charge in [-0.05, 0) is 48.7 Å². The van der Waals surface area contributed by atoms with Gasteiger partial charge in [0.1, 0.15) is 11.5 Å². The Hall–Kier alpha value is -2.10. The summed E-state index contributed by atoms with van der Waals surface area (Å²) in [6.45, 7) is 2.36. The molecule has 0 N–H and O–H groups in total. The summed E-state index contributed by atoms with van der Waals surface area (Å²) in [5.74, 6) is 2.70. The van der Waals surface area contributed by atoms with Crippen molar-refractivity contribution in [1.29, 1.82) is 5.26 Å². The number of nitrogens with zero attached hydrogens (tertiary/aromatic N) is 2. The van der Waals surface area contributed by atoms with Gasteiger partial charge >= 0.3 is 0 Å². The number of hydrogen-bond acceptors (Lipinski definition) is 4. The van der Waals surface area contributed by atoms with Crippen molar-refractivity contribution in [3.63, 3.8) is 0 Å². The third kappa shape index (κ3) is 3.16. The molecule has 5 nitrogen and oxygen atoms in total. The molecule has 120 valence electrons. The van der Waals surface area contributed by atoms with Crippen molar-refractivity contribution < 1.29 is 12.8 Å². The first-order valence-corrected chi connectivity index (χ1v) is 8.91. The standard InChI is InChI=1S/C17H18N2O3S/c1-12-9-16(12)17-8-5-14(22-17)11-19(2)23(20,21)15-6-3-13(10-18)4-7-15/h3-8,12,16H,9,11H2,1-2H3/t12-,16+/m1/s1. The Labute approximate surface area is 136 Å². The molecule has 3 rings (SSSR count). The fourth-order valence-electron chi connectivity index (χ4n) is 2.58. The van der Waals surface area contributed by atoms with Crippen LogP contribution in [0.4, 0.5) is 0 Å². The quantitative estimate of drug-likeness (QED) is 0.844. The lowest BCUT2D eigenvalue weighted by atomic mass is 10.2. The average Bonchev–Trinajstić information content (AvgIpc) is 3.09. The third-order valence-electron chi connectivity index (χ3n) is 4.23. The molecule has 1 aromatic heterocycles. The summed E-state index contributed by atoms with van der Waals surface area (Å²) in [6, 6.07) is 11.6. The van der Waals surface area contributed by atoms with Crippen molar-refractivity contribution >= 4 is 10.0 Å². The number of benzene rings is 1. The summed E-state index contributed by atoms with van der Waals surface area (Å²) in [5.41, 5.74) is 0.431. The van der Waals surface area contributed by atoms with E-state index in [0.717, 1.165) is 12.2 Å². The second-order valence-corrected chi connectivity index (χ2v) is 8.07. The molecule has 1 heterocycles. The second-order valence-electron chi connectivity index (χ2n) is 6.02. The van der Waals surface area contributed by atoms with E-state index in [4.69, 9.17) is 9.68 Å². The Balaban J connectivity index is 1.74. The normalized spacial score (nSPS) is 20.4. The van der Waals surface area contributed by atoms with Crippen LogP contribution < -0.4 is 0 Å². The van der Waals surface area contributed by atoms with Gasteiger partial charge in [0, 0.05) is 13.0 Å². The van der Waals surface area contributed by atoms with E-state index in [1.54, 1.807) is 0 Å². The van der Waals surface area contributed by atoms with Gasteiger partial charge < -0.3 is 4.42 Å². The topological polar surface area (TPSA) is 74.3 Å². The monoisotopic (exact) mass is 330 g/mol. The summed E-state index contributed by atoms with van der Waals surface area (Å²) in [7, 11) is -2.08. The highest BCUT2D eigenvalue weighted by Gasteiger charge is 2.36. The van der Waals surface area contributed by atoms with Crippen molar-refractivity contribution in [3.05, 3.63) is 53.5 Å². The largest absolute Gasteiger partial charge is 0.464 e. The van der Waals surface area contributed by atoms with Crippen LogP contribution in [0, 0.1) is 17.2 Å². The van der Waals surface area contributed by atoms with E-state index in [0.29, 0.717) is 23.2 Å². The third-order valence-corrected chi connectivity index (χ3v) is 6.05. The summed E-state index contributed by atoms with van der Waals surface area (Å²) >= 11 is 0. The lowest BCUT2D eigenvalue weighted by Gasteiger charge is -2.16. The Bertz CT molecular complexity index is 847. The van der Waals surface area contributed by atoms with Crippen LogP contribution >= 0.6 is 0 Å². The molecule has 0 unspecified atom stereocenters. The molecule has 1 aromatic carbocycles. The molecule has 0 bridgehead atoms. The first-order chi connectivity index (χ1) is 10.9. The lowest BCUT2D eigenvalue weighted by Crippen LogP contribution is -2.26. The molecule has 2 aromatic rings. The molecule has 0 radical (unpaired) electrons. The van der Waals surface area contributed by atoms with Crippen molar-refractivity contribution in [3.8, 4) is 6.07 Å². The van der Waals surface area contributed by atoms with Crippen LogP contribution in [0.15, 0.2) is 45.7 Å². The van der Waals surface area contributed by atoms with Gasteiger partial charge in [-0.2, -0.15) is 9.57 Å². The van der Waals surface area contributed by atoms with Gasteiger partial charge in [-0.3, -0.25) is 0 Å². The molecule has 0 amide bonds. The maximum absolute atomic E-state index is 12.5. The highest BCUT2D eigenvalue weighted by molar-refractivity contribution is 7.89. The fraction of sp³-hybridized carbons (Fsp3) is 0.353. The summed E-state index contributed by atoms with van der Waals surface area (Å²) in [6.07, 6.45) is 1.13. The van der Waals surface area contributed by atoms with E-state index in [9.17, 15) is 8.42 Å². The maximum atomic E-state index is 12.5. The Morgan fingerprint density at radius 1 is 1.26 bits per heavy atom. The van der Waals surface area contributed by atoms with Crippen LogP contribution in [-0.2, 0) is 16.6 Å². The molecule has 1 fully saturated rings. The highest BCUT2D eigenvalue weighted by atomic mass is 32.2. The van der Waals surface area contributed by atoms with E-state index >= 15 is 0 Å². The number of furan rings is 1. The van der Waals surface area contributed by atoms with Gasteiger partial charge in [-0.25, -0.2) is 8.42 Å². The molecular formula is C17H18N2O3S. The molecule has 1 saturated carbocycles. The zero-order chi connectivity index (χ0) is 16.6. The predicted molar refractivity (Wildman–Crippen MR) is 85.0 cm³/mol. The molecule has 0 saturated heterocycles. The zero-order valence-corrected chi connectivity index (χ0v) is 13.9. The SMILES string of the molecule is C[C@@H]1C[C@@H]1c1ccc(CN(C)S(=O)(=O)c2ccc(C#N)cc2)o1. The van der Waals surface area contributed by atoms with Crippen LogP contribution in [0.2, 0.25) is 0 Å². The van der Waals surface area contributed by atoms with Crippen molar-refractivity contribution in [1.82, 2.24) is 4.31 Å². The lowest BCUT2D eigenvalue weighted by molar-refractivity contribution is 0.390. The second kappa shape index (κ2) is 5.84. The summed E-state index contributed by atoms with van der Waals surface area (Å²) in [4.78, 5) is 0.168. The van der Waals surface area contributed by atoms with Crippen molar-refractivity contribution in [2.24, 2.45) is 5.92 Å². The molecule has 0 spiro atoms. The minimum Gasteiger partial charge on any atom is -0.464 e. The average molecular weight is 330 g/mol. The van der Waals surface area contributed by atoms with Gasteiger partial charge in [0.2, 0.25) is 10.0 Å². The van der Waals surface area contributed by atoms with Gasteiger partial charge in [0.15, 0.2) is 0 Å². The highest BCUT2D eigenvalue weighted by Crippen LogP contribution is 2.47. The van der Waals surface area contributed by atoms with Crippen LogP contribution in [0.25, 0.3) is 0 Å². The molecule has 0 aliphatic heterocycles. The number of hydrogen-bond donors (Lipinski definition) is 0. The molecule has 1 aliphatic rings. The van der Waals surface area contributed by atoms with Crippen LogP contribution in [0.5, 0.6) is 0 Å². The molecule has 2 atom stereocenters. The minimum atomic E-state index is -3.60. The van der Waals surface area contributed by atoms with Gasteiger partial charge in [0.25, 0.3) is 0 Å². The van der Waals surface area contributed by atoms with Crippen LogP contribution in [0.3, 0.4) is 0 Å². The van der Waals surface area contributed by atoms with Gasteiger partial charge in [-0.1, -0.05) is 6.92 Å². The summed E-state index contributed by atoms with van der Waals surface area (Å²) < 4.78 is 32.1. The predicted octanol–water partition coefficient (Wildman–Crippen LogP) is 3.10. The molecule has 6 heteroatoms. The molecule has 1 aliphatic carbocycles. The number of nitriles is 1. The van der Waals surface area contributed by atoms with E-state index in [1.807, 2.05) is 18.2 Å². The van der Waals surface area contributed by atoms with E-state index in [2.05, 4.69) is 6.92 Å². The fourth-order valence-corrected chi connectivity index (χ4v) is 3.72. The smallest absolute Gasteiger partial charge is 0.243 e. The minimum absolute atomic E-state index is 0.168. The first kappa shape index (κ1) is 15.8. The van der Waals surface area contributed by atoms with Gasteiger partial charge in [-0.15, -0.1) is 0 Å².